The second-order valence-corrected chi connectivity index (χ2v) is 6.07. The lowest BCUT2D eigenvalue weighted by molar-refractivity contribution is 0.415. The lowest BCUT2D eigenvalue weighted by Crippen LogP contribution is -2.02. The van der Waals surface area contributed by atoms with Crippen LogP contribution in [0.3, 0.4) is 0 Å². The molecule has 1 aromatic heterocycles. The van der Waals surface area contributed by atoms with Crippen LogP contribution in [0.2, 0.25) is 0 Å². The minimum atomic E-state index is 0.570. The number of aromatic nitrogens is 2. The number of benzene rings is 2. The molecule has 0 unspecified atom stereocenters. The van der Waals surface area contributed by atoms with Gasteiger partial charge in [-0.15, -0.1) is 0 Å². The largest absolute Gasteiger partial charge is 0.497 e. The smallest absolute Gasteiger partial charge is 0.229 e. The van der Waals surface area contributed by atoms with Crippen LogP contribution < -0.4 is 15.4 Å². The Hall–Kier alpha value is -3.08. The van der Waals surface area contributed by atoms with Gasteiger partial charge < -0.3 is 15.4 Å². The number of hydrogen-bond donors (Lipinski definition) is 2. The van der Waals surface area contributed by atoms with Crippen molar-refractivity contribution in [1.82, 2.24) is 9.97 Å². The van der Waals surface area contributed by atoms with Gasteiger partial charge in [0.1, 0.15) is 11.6 Å². The summed E-state index contributed by atoms with van der Waals surface area (Å²) in [6.07, 6.45) is 0. The highest BCUT2D eigenvalue weighted by Crippen LogP contribution is 2.22. The summed E-state index contributed by atoms with van der Waals surface area (Å²) in [7, 11) is 1.65. The van der Waals surface area contributed by atoms with Gasteiger partial charge in [-0.2, -0.15) is 4.98 Å². The molecule has 0 aliphatic carbocycles. The van der Waals surface area contributed by atoms with E-state index < -0.39 is 0 Å². The Bertz CT molecular complexity index is 855. The first-order chi connectivity index (χ1) is 12.0. The van der Waals surface area contributed by atoms with E-state index in [4.69, 9.17) is 4.74 Å². The van der Waals surface area contributed by atoms with E-state index in [9.17, 15) is 0 Å². The zero-order valence-corrected chi connectivity index (χ0v) is 14.9. The van der Waals surface area contributed by atoms with Gasteiger partial charge in [0.15, 0.2) is 0 Å². The summed E-state index contributed by atoms with van der Waals surface area (Å²) in [5.74, 6) is 2.13. The maximum Gasteiger partial charge on any atom is 0.229 e. The lowest BCUT2D eigenvalue weighted by atomic mass is 10.1. The van der Waals surface area contributed by atoms with Crippen LogP contribution in [0.25, 0.3) is 0 Å². The molecule has 5 heteroatoms. The monoisotopic (exact) mass is 334 g/mol. The average Bonchev–Trinajstić information content (AvgIpc) is 2.54. The van der Waals surface area contributed by atoms with E-state index in [2.05, 4.69) is 52.6 Å². The predicted molar refractivity (Wildman–Crippen MR) is 102 cm³/mol. The second kappa shape index (κ2) is 7.21. The van der Waals surface area contributed by atoms with Gasteiger partial charge in [0.05, 0.1) is 7.11 Å². The molecule has 0 spiro atoms. The summed E-state index contributed by atoms with van der Waals surface area (Å²) < 4.78 is 5.18. The maximum atomic E-state index is 5.18. The summed E-state index contributed by atoms with van der Waals surface area (Å²) in [6, 6.07) is 15.9. The first kappa shape index (κ1) is 16.8. The van der Waals surface area contributed by atoms with Gasteiger partial charge in [0.25, 0.3) is 0 Å². The van der Waals surface area contributed by atoms with Crippen molar-refractivity contribution < 1.29 is 4.74 Å². The van der Waals surface area contributed by atoms with E-state index in [0.717, 1.165) is 28.6 Å². The summed E-state index contributed by atoms with van der Waals surface area (Å²) in [5.41, 5.74) is 5.21. The van der Waals surface area contributed by atoms with Crippen molar-refractivity contribution in [2.24, 2.45) is 0 Å². The van der Waals surface area contributed by atoms with Crippen LogP contribution >= 0.6 is 0 Å². The number of aryl methyl sites for hydroxylation is 3. The molecule has 0 aliphatic heterocycles. The molecule has 2 aromatic carbocycles. The number of hydrogen-bond acceptors (Lipinski definition) is 5. The first-order valence-electron chi connectivity index (χ1n) is 8.14. The number of rotatable bonds is 5. The standard InChI is InChI=1S/C20H22N4O/c1-13-9-14(2)11-17(10-13)23-20-21-15(3)12-19(24-20)22-16-5-7-18(25-4)8-6-16/h5-12H,1-4H3,(H2,21,22,23,24). The molecular formula is C20H22N4O. The van der Waals surface area contributed by atoms with Crippen molar-refractivity contribution in [3.63, 3.8) is 0 Å². The van der Waals surface area contributed by atoms with Crippen LogP contribution in [0, 0.1) is 20.8 Å². The Kier molecular flexibility index (Phi) is 4.84. The number of nitrogens with zero attached hydrogens (tertiary/aromatic N) is 2. The molecule has 0 saturated carbocycles. The molecule has 3 aromatic rings. The molecule has 0 aliphatic rings. The Morgan fingerprint density at radius 2 is 1.44 bits per heavy atom. The fourth-order valence-corrected chi connectivity index (χ4v) is 2.69. The minimum absolute atomic E-state index is 0.570. The Labute approximate surface area is 148 Å². The van der Waals surface area contributed by atoms with Gasteiger partial charge in [0, 0.05) is 23.1 Å². The zero-order valence-electron chi connectivity index (χ0n) is 14.9. The number of nitrogens with one attached hydrogen (secondary N) is 2. The van der Waals surface area contributed by atoms with E-state index in [1.807, 2.05) is 37.3 Å². The van der Waals surface area contributed by atoms with E-state index in [1.54, 1.807) is 7.11 Å². The van der Waals surface area contributed by atoms with Crippen LogP contribution in [-0.2, 0) is 0 Å². The molecule has 3 rings (SSSR count). The number of anilines is 4. The van der Waals surface area contributed by atoms with Gasteiger partial charge >= 0.3 is 0 Å². The molecule has 25 heavy (non-hydrogen) atoms. The van der Waals surface area contributed by atoms with Crippen LogP contribution in [0.4, 0.5) is 23.1 Å². The highest BCUT2D eigenvalue weighted by atomic mass is 16.5. The van der Waals surface area contributed by atoms with Gasteiger partial charge in [-0.1, -0.05) is 6.07 Å². The normalized spacial score (nSPS) is 10.4. The fourth-order valence-electron chi connectivity index (χ4n) is 2.69. The number of ether oxygens (including phenoxy) is 1. The Morgan fingerprint density at radius 1 is 0.760 bits per heavy atom. The summed E-state index contributed by atoms with van der Waals surface area (Å²) >= 11 is 0. The van der Waals surface area contributed by atoms with Gasteiger partial charge in [-0.05, 0) is 68.3 Å². The summed E-state index contributed by atoms with van der Waals surface area (Å²) in [4.78, 5) is 9.04. The van der Waals surface area contributed by atoms with Crippen molar-refractivity contribution in [2.45, 2.75) is 20.8 Å². The molecule has 0 fully saturated rings. The summed E-state index contributed by atoms with van der Waals surface area (Å²) in [6.45, 7) is 6.10. The summed E-state index contributed by atoms with van der Waals surface area (Å²) in [5, 5.41) is 6.59. The van der Waals surface area contributed by atoms with Gasteiger partial charge in [0.2, 0.25) is 5.95 Å². The molecule has 2 N–H and O–H groups in total. The highest BCUT2D eigenvalue weighted by Gasteiger charge is 2.05. The third kappa shape index (κ3) is 4.47. The molecule has 0 radical (unpaired) electrons. The van der Waals surface area contributed by atoms with Crippen molar-refractivity contribution in [2.75, 3.05) is 17.7 Å². The van der Waals surface area contributed by atoms with Crippen LogP contribution in [-0.4, -0.2) is 17.1 Å². The molecule has 5 nitrogen and oxygen atoms in total. The molecule has 0 bridgehead atoms. The molecule has 128 valence electrons. The van der Waals surface area contributed by atoms with E-state index >= 15 is 0 Å². The predicted octanol–water partition coefficient (Wildman–Crippen LogP) is 4.90. The topological polar surface area (TPSA) is 59.1 Å². The quantitative estimate of drug-likeness (QED) is 0.695. The van der Waals surface area contributed by atoms with Gasteiger partial charge in [-0.25, -0.2) is 4.98 Å². The maximum absolute atomic E-state index is 5.18. The zero-order chi connectivity index (χ0) is 17.8. The second-order valence-electron chi connectivity index (χ2n) is 6.07. The van der Waals surface area contributed by atoms with Crippen molar-refractivity contribution >= 4 is 23.1 Å². The minimum Gasteiger partial charge on any atom is -0.497 e. The Balaban J connectivity index is 1.81. The van der Waals surface area contributed by atoms with Crippen molar-refractivity contribution in [3.05, 3.63) is 65.4 Å². The molecule has 0 atom stereocenters. The number of methoxy groups -OCH3 is 1. The van der Waals surface area contributed by atoms with Crippen LogP contribution in [0.5, 0.6) is 5.75 Å². The average molecular weight is 334 g/mol. The fraction of sp³-hybridized carbons (Fsp3) is 0.200. The van der Waals surface area contributed by atoms with Crippen molar-refractivity contribution in [3.8, 4) is 5.75 Å². The lowest BCUT2D eigenvalue weighted by Gasteiger charge is -2.11. The molecule has 0 amide bonds. The highest BCUT2D eigenvalue weighted by molar-refractivity contribution is 5.61. The van der Waals surface area contributed by atoms with E-state index in [-0.39, 0.29) is 0 Å². The SMILES string of the molecule is COc1ccc(Nc2cc(C)nc(Nc3cc(C)cc(C)c3)n2)cc1. The van der Waals surface area contributed by atoms with Crippen LogP contribution in [0.15, 0.2) is 48.5 Å². The third-order valence-electron chi connectivity index (χ3n) is 3.69. The van der Waals surface area contributed by atoms with Crippen LogP contribution in [0.1, 0.15) is 16.8 Å². The molecule has 0 saturated heterocycles. The first-order valence-corrected chi connectivity index (χ1v) is 8.14. The molecule has 1 heterocycles. The van der Waals surface area contributed by atoms with E-state index in [1.165, 1.54) is 11.1 Å². The van der Waals surface area contributed by atoms with E-state index in [0.29, 0.717) is 5.95 Å². The van der Waals surface area contributed by atoms with Crippen molar-refractivity contribution in [1.29, 1.82) is 0 Å². The van der Waals surface area contributed by atoms with Gasteiger partial charge in [-0.3, -0.25) is 0 Å². The molecular weight excluding hydrogens is 312 g/mol. The Morgan fingerprint density at radius 3 is 2.08 bits per heavy atom. The third-order valence-corrected chi connectivity index (χ3v) is 3.69.